The van der Waals surface area contributed by atoms with Crippen molar-refractivity contribution in [1.82, 2.24) is 9.78 Å². The fraction of sp³-hybridized carbons (Fsp3) is 0.815. The minimum absolute atomic E-state index is 0.141. The van der Waals surface area contributed by atoms with Crippen LogP contribution in [0.4, 0.5) is 0 Å². The van der Waals surface area contributed by atoms with Crippen LogP contribution in [-0.4, -0.2) is 39.5 Å². The van der Waals surface area contributed by atoms with Crippen LogP contribution in [0.1, 0.15) is 84.1 Å². The standard InChI is InChI=1S/C27H41N3O2/c1-25(32)11-12-26(2)19(13-25)5-6-20-21-7-8-23(27(21,3)10-9-22(20)26)24(31)17-30-16-18(14-28-4)15-29-30/h14-16,19-23,32H,5-13,17H2,1-4H3/t19-,20-,21-,22-,23+,25+,26-,27-/m0/s1. The second kappa shape index (κ2) is 7.78. The van der Waals surface area contributed by atoms with Crippen molar-refractivity contribution in [2.45, 2.75) is 90.7 Å². The lowest BCUT2D eigenvalue weighted by Gasteiger charge is -2.61. The molecule has 0 bridgehead atoms. The molecule has 4 fully saturated rings. The zero-order valence-electron chi connectivity index (χ0n) is 20.4. The number of carbonyl (C=O) groups is 1. The number of hydrogen-bond acceptors (Lipinski definition) is 4. The van der Waals surface area contributed by atoms with Crippen molar-refractivity contribution < 1.29 is 9.90 Å². The van der Waals surface area contributed by atoms with Gasteiger partial charge in [-0.3, -0.25) is 14.5 Å². The molecule has 5 nitrogen and oxygen atoms in total. The van der Waals surface area contributed by atoms with E-state index >= 15 is 0 Å². The Morgan fingerprint density at radius 3 is 2.69 bits per heavy atom. The first kappa shape index (κ1) is 22.3. The summed E-state index contributed by atoms with van der Waals surface area (Å²) >= 11 is 0. The van der Waals surface area contributed by atoms with E-state index in [1.54, 1.807) is 24.1 Å². The molecule has 0 unspecified atom stereocenters. The number of Topliss-reactive ketones (excluding diaryl/α,β-unsaturated/α-hetero) is 1. The van der Waals surface area contributed by atoms with E-state index in [1.807, 2.05) is 13.1 Å². The molecule has 0 saturated heterocycles. The quantitative estimate of drug-likeness (QED) is 0.678. The summed E-state index contributed by atoms with van der Waals surface area (Å²) in [6.45, 7) is 7.40. The van der Waals surface area contributed by atoms with Crippen molar-refractivity contribution in [3.05, 3.63) is 18.0 Å². The lowest BCUT2D eigenvalue weighted by molar-refractivity contribution is -0.151. The van der Waals surface area contributed by atoms with Gasteiger partial charge in [-0.2, -0.15) is 5.10 Å². The third kappa shape index (κ3) is 3.50. The SMILES string of the molecule is CN=Cc1cnn(CC(=O)[C@H]2CC[C@H]3[C@@H]4CC[C@H]5C[C@](C)(O)CC[C@]5(C)[C@H]4CC[C@]23C)c1. The maximum Gasteiger partial charge on any atom is 0.157 e. The Morgan fingerprint density at radius 1 is 1.12 bits per heavy atom. The molecule has 4 aliphatic carbocycles. The predicted molar refractivity (Wildman–Crippen MR) is 127 cm³/mol. The maximum absolute atomic E-state index is 13.4. The fourth-order valence-corrected chi connectivity index (χ4v) is 8.91. The van der Waals surface area contributed by atoms with Gasteiger partial charge in [0.05, 0.1) is 18.3 Å². The topological polar surface area (TPSA) is 67.5 Å². The number of hydrogen-bond donors (Lipinski definition) is 1. The summed E-state index contributed by atoms with van der Waals surface area (Å²) in [6, 6.07) is 0. The van der Waals surface area contributed by atoms with E-state index in [0.717, 1.165) is 36.7 Å². The molecule has 5 heteroatoms. The molecule has 176 valence electrons. The van der Waals surface area contributed by atoms with E-state index < -0.39 is 5.60 Å². The van der Waals surface area contributed by atoms with Crippen LogP contribution in [0, 0.1) is 40.4 Å². The highest BCUT2D eigenvalue weighted by atomic mass is 16.3. The van der Waals surface area contributed by atoms with Crippen molar-refractivity contribution in [3.63, 3.8) is 0 Å². The Labute approximate surface area is 193 Å². The second-order valence-corrected chi connectivity index (χ2v) is 12.4. The lowest BCUT2D eigenvalue weighted by Crippen LogP contribution is -2.55. The van der Waals surface area contributed by atoms with Crippen LogP contribution in [0.2, 0.25) is 0 Å². The van der Waals surface area contributed by atoms with Gasteiger partial charge in [-0.15, -0.1) is 0 Å². The first-order valence-corrected chi connectivity index (χ1v) is 12.9. The van der Waals surface area contributed by atoms with Crippen LogP contribution in [0.5, 0.6) is 0 Å². The molecule has 5 rings (SSSR count). The van der Waals surface area contributed by atoms with Crippen molar-refractivity contribution in [3.8, 4) is 0 Å². The smallest absolute Gasteiger partial charge is 0.157 e. The number of aliphatic hydroxyl groups is 1. The normalized spacial score (nSPS) is 46.0. The summed E-state index contributed by atoms with van der Waals surface area (Å²) in [6.07, 6.45) is 15.8. The number of carbonyl (C=O) groups excluding carboxylic acids is 1. The molecule has 8 atom stereocenters. The predicted octanol–water partition coefficient (Wildman–Crippen LogP) is 4.91. The number of rotatable bonds is 4. The molecular formula is C27H41N3O2. The van der Waals surface area contributed by atoms with E-state index in [9.17, 15) is 9.90 Å². The van der Waals surface area contributed by atoms with Gasteiger partial charge >= 0.3 is 0 Å². The van der Waals surface area contributed by atoms with Crippen LogP contribution < -0.4 is 0 Å². The van der Waals surface area contributed by atoms with Gasteiger partial charge in [0.1, 0.15) is 0 Å². The van der Waals surface area contributed by atoms with Gasteiger partial charge in [0.25, 0.3) is 0 Å². The average Bonchev–Trinajstić information content (AvgIpc) is 3.32. The van der Waals surface area contributed by atoms with Gasteiger partial charge < -0.3 is 5.11 Å². The molecule has 4 aliphatic rings. The van der Waals surface area contributed by atoms with Crippen LogP contribution in [0.3, 0.4) is 0 Å². The summed E-state index contributed by atoms with van der Waals surface area (Å²) < 4.78 is 1.79. The Morgan fingerprint density at radius 2 is 1.91 bits per heavy atom. The number of aliphatic imine (C=N–C) groups is 1. The summed E-state index contributed by atoms with van der Waals surface area (Å²) in [5.74, 6) is 3.40. The van der Waals surface area contributed by atoms with Gasteiger partial charge in [-0.05, 0) is 99.2 Å². The molecule has 1 N–H and O–H groups in total. The van der Waals surface area contributed by atoms with Crippen LogP contribution in [0.25, 0.3) is 0 Å². The van der Waals surface area contributed by atoms with Gasteiger partial charge in [0.2, 0.25) is 0 Å². The molecule has 0 amide bonds. The first-order chi connectivity index (χ1) is 15.2. The van der Waals surface area contributed by atoms with Crippen molar-refractivity contribution >= 4 is 12.0 Å². The Balaban J connectivity index is 1.32. The van der Waals surface area contributed by atoms with E-state index in [4.69, 9.17) is 0 Å². The molecule has 0 aromatic carbocycles. The van der Waals surface area contributed by atoms with Crippen LogP contribution >= 0.6 is 0 Å². The van der Waals surface area contributed by atoms with Crippen molar-refractivity contribution in [2.75, 3.05) is 7.05 Å². The van der Waals surface area contributed by atoms with Crippen molar-refractivity contribution in [2.24, 2.45) is 45.4 Å². The van der Waals surface area contributed by atoms with Gasteiger partial charge in [0, 0.05) is 30.9 Å². The highest BCUT2D eigenvalue weighted by Gasteiger charge is 2.61. The lowest BCUT2D eigenvalue weighted by atomic mass is 9.44. The Kier molecular flexibility index (Phi) is 5.43. The molecule has 0 radical (unpaired) electrons. The minimum Gasteiger partial charge on any atom is -0.390 e. The van der Waals surface area contributed by atoms with Crippen LogP contribution in [0.15, 0.2) is 17.4 Å². The van der Waals surface area contributed by atoms with Gasteiger partial charge in [0.15, 0.2) is 5.78 Å². The molecule has 1 aromatic heterocycles. The molecule has 32 heavy (non-hydrogen) atoms. The molecule has 4 saturated carbocycles. The van der Waals surface area contributed by atoms with Crippen LogP contribution in [-0.2, 0) is 11.3 Å². The Bertz CT molecular complexity index is 904. The molecule has 1 aromatic rings. The number of aromatic nitrogens is 2. The van der Waals surface area contributed by atoms with E-state index in [1.165, 1.54) is 38.5 Å². The Hall–Kier alpha value is -1.49. The second-order valence-electron chi connectivity index (χ2n) is 12.4. The summed E-state index contributed by atoms with van der Waals surface area (Å²) in [7, 11) is 1.75. The number of fused-ring (bicyclic) bond motifs is 5. The number of nitrogens with zero attached hydrogens (tertiary/aromatic N) is 3. The van der Waals surface area contributed by atoms with Gasteiger partial charge in [-0.1, -0.05) is 13.8 Å². The van der Waals surface area contributed by atoms with E-state index in [-0.39, 0.29) is 11.3 Å². The monoisotopic (exact) mass is 439 g/mol. The zero-order chi connectivity index (χ0) is 22.7. The zero-order valence-corrected chi connectivity index (χ0v) is 20.4. The van der Waals surface area contributed by atoms with E-state index in [2.05, 4.69) is 23.9 Å². The highest BCUT2D eigenvalue weighted by molar-refractivity contribution is 5.82. The van der Waals surface area contributed by atoms with E-state index in [0.29, 0.717) is 29.6 Å². The fourth-order valence-electron chi connectivity index (χ4n) is 8.91. The summed E-state index contributed by atoms with van der Waals surface area (Å²) in [5.41, 5.74) is 0.997. The number of ketones is 1. The van der Waals surface area contributed by atoms with Gasteiger partial charge in [-0.25, -0.2) is 0 Å². The minimum atomic E-state index is -0.472. The molecule has 0 aliphatic heterocycles. The summed E-state index contributed by atoms with van der Waals surface area (Å²) in [5, 5.41) is 15.1. The molecule has 0 spiro atoms. The summed E-state index contributed by atoms with van der Waals surface area (Å²) in [4.78, 5) is 17.5. The largest absolute Gasteiger partial charge is 0.390 e. The molecular weight excluding hydrogens is 398 g/mol. The third-order valence-electron chi connectivity index (χ3n) is 10.6. The molecule has 1 heterocycles. The average molecular weight is 440 g/mol. The first-order valence-electron chi connectivity index (χ1n) is 12.9. The van der Waals surface area contributed by atoms with Crippen molar-refractivity contribution in [1.29, 1.82) is 0 Å². The maximum atomic E-state index is 13.4. The third-order valence-corrected chi connectivity index (χ3v) is 10.6. The highest BCUT2D eigenvalue weighted by Crippen LogP contribution is 2.68.